The number of aromatic amines is 1. The zero-order valence-corrected chi connectivity index (χ0v) is 17.7. The van der Waals surface area contributed by atoms with Crippen LogP contribution in [0.2, 0.25) is 0 Å². The van der Waals surface area contributed by atoms with Gasteiger partial charge in [-0.15, -0.1) is 15.3 Å². The van der Waals surface area contributed by atoms with Crippen LogP contribution in [0.3, 0.4) is 0 Å². The molecular weight excluding hydrogens is 384 g/mol. The van der Waals surface area contributed by atoms with Gasteiger partial charge in [-0.25, -0.2) is 0 Å². The van der Waals surface area contributed by atoms with Crippen molar-refractivity contribution >= 4 is 28.4 Å². The van der Waals surface area contributed by atoms with Crippen LogP contribution in [-0.4, -0.2) is 65.7 Å². The quantitative estimate of drug-likeness (QED) is 0.528. The second-order valence-electron chi connectivity index (χ2n) is 8.80. The van der Waals surface area contributed by atoms with Gasteiger partial charge >= 0.3 is 0 Å². The topological polar surface area (TPSA) is 113 Å². The number of hydrogen-bond donors (Lipinski definition) is 1. The molecule has 156 valence electrons. The number of nitrogens with zero attached hydrogens (tertiary/aromatic N) is 9. The smallest absolute Gasteiger partial charge is 0.263 e. The Morgan fingerprint density at radius 2 is 1.97 bits per heavy atom. The van der Waals surface area contributed by atoms with E-state index in [1.807, 2.05) is 28.6 Å². The Labute approximate surface area is 172 Å². The van der Waals surface area contributed by atoms with Crippen LogP contribution in [0.5, 0.6) is 0 Å². The second kappa shape index (κ2) is 6.25. The minimum absolute atomic E-state index is 0.148. The van der Waals surface area contributed by atoms with E-state index in [-0.39, 0.29) is 17.0 Å². The van der Waals surface area contributed by atoms with Crippen LogP contribution in [0.1, 0.15) is 26.6 Å². The van der Waals surface area contributed by atoms with Crippen molar-refractivity contribution in [3.63, 3.8) is 0 Å². The molecule has 30 heavy (non-hydrogen) atoms. The first-order chi connectivity index (χ1) is 14.2. The Bertz CT molecular complexity index is 1300. The van der Waals surface area contributed by atoms with Gasteiger partial charge in [0.2, 0.25) is 5.95 Å². The number of anilines is 2. The van der Waals surface area contributed by atoms with E-state index in [9.17, 15) is 4.79 Å². The third kappa shape index (κ3) is 2.80. The number of hydrogen-bond acceptors (Lipinski definition) is 8. The molecule has 4 aromatic rings. The molecule has 1 saturated heterocycles. The molecule has 0 atom stereocenters. The number of H-pyrrole nitrogens is 1. The van der Waals surface area contributed by atoms with Crippen molar-refractivity contribution in [1.29, 1.82) is 0 Å². The third-order valence-electron chi connectivity index (χ3n) is 5.58. The molecular formula is C19H24N10O. The Morgan fingerprint density at radius 3 is 2.70 bits per heavy atom. The van der Waals surface area contributed by atoms with Crippen molar-refractivity contribution in [3.05, 3.63) is 34.5 Å². The van der Waals surface area contributed by atoms with Gasteiger partial charge in [-0.3, -0.25) is 14.5 Å². The number of likely N-dealkylation sites (N-methyl/N-ethyl adjacent to an activating group) is 1. The molecule has 0 aromatic carbocycles. The molecule has 11 nitrogen and oxygen atoms in total. The predicted octanol–water partition coefficient (Wildman–Crippen LogP) is 0.717. The maximum absolute atomic E-state index is 12.3. The average Bonchev–Trinajstić information content (AvgIpc) is 3.24. The van der Waals surface area contributed by atoms with Crippen LogP contribution in [0.15, 0.2) is 23.1 Å². The van der Waals surface area contributed by atoms with E-state index in [2.05, 4.69) is 50.9 Å². The summed E-state index contributed by atoms with van der Waals surface area (Å²) in [5.74, 6) is 2.25. The molecule has 11 heteroatoms. The average molecular weight is 408 g/mol. The largest absolute Gasteiger partial charge is 0.351 e. The predicted molar refractivity (Wildman–Crippen MR) is 113 cm³/mol. The fraction of sp³-hybridized carbons (Fsp3) is 0.474. The molecule has 4 aromatic heterocycles. The number of aromatic nitrogens is 8. The van der Waals surface area contributed by atoms with Gasteiger partial charge in [0.15, 0.2) is 17.1 Å². The lowest BCUT2D eigenvalue weighted by atomic mass is 9.96. The molecule has 0 unspecified atom stereocenters. The summed E-state index contributed by atoms with van der Waals surface area (Å²) in [7, 11) is 3.72. The van der Waals surface area contributed by atoms with E-state index in [0.717, 1.165) is 30.4 Å². The fourth-order valence-electron chi connectivity index (χ4n) is 3.66. The minimum atomic E-state index is -0.180. The lowest BCUT2D eigenvalue weighted by molar-refractivity contribution is 0.480. The van der Waals surface area contributed by atoms with Crippen molar-refractivity contribution < 1.29 is 0 Å². The lowest BCUT2D eigenvalue weighted by Gasteiger charge is -2.44. The SMILES string of the molecule is CN(c1nc2c(cnn2C)c(=O)[nH]1)C1CN(c2ccc3nnc(C(C)(C)C)n3n2)C1. The second-order valence-corrected chi connectivity index (χ2v) is 8.80. The zero-order chi connectivity index (χ0) is 21.2. The Kier molecular flexibility index (Phi) is 3.86. The van der Waals surface area contributed by atoms with Crippen LogP contribution >= 0.6 is 0 Å². The lowest BCUT2D eigenvalue weighted by Crippen LogP contribution is -2.59. The Balaban J connectivity index is 1.37. The number of nitrogens with one attached hydrogen (secondary N) is 1. The summed E-state index contributed by atoms with van der Waals surface area (Å²) < 4.78 is 3.43. The highest BCUT2D eigenvalue weighted by Gasteiger charge is 2.33. The van der Waals surface area contributed by atoms with Crippen molar-refractivity contribution in [2.45, 2.75) is 32.2 Å². The number of rotatable bonds is 3. The maximum atomic E-state index is 12.3. The summed E-state index contributed by atoms with van der Waals surface area (Å²) in [5.41, 5.74) is 0.987. The molecule has 1 fully saturated rings. The van der Waals surface area contributed by atoms with Gasteiger partial charge in [0.25, 0.3) is 5.56 Å². The summed E-state index contributed by atoms with van der Waals surface area (Å²) in [6, 6.07) is 4.12. The first-order valence-electron chi connectivity index (χ1n) is 9.85. The van der Waals surface area contributed by atoms with Crippen molar-refractivity contribution in [2.24, 2.45) is 7.05 Å². The zero-order valence-electron chi connectivity index (χ0n) is 17.7. The maximum Gasteiger partial charge on any atom is 0.263 e. The third-order valence-corrected chi connectivity index (χ3v) is 5.58. The van der Waals surface area contributed by atoms with Gasteiger partial charge in [-0.2, -0.15) is 14.6 Å². The molecule has 5 heterocycles. The fourth-order valence-corrected chi connectivity index (χ4v) is 3.66. The van der Waals surface area contributed by atoms with Gasteiger partial charge in [0, 0.05) is 32.6 Å². The summed E-state index contributed by atoms with van der Waals surface area (Å²) in [5, 5.41) is 17.9. The molecule has 1 aliphatic heterocycles. The highest BCUT2D eigenvalue weighted by atomic mass is 16.1. The van der Waals surface area contributed by atoms with Gasteiger partial charge in [-0.05, 0) is 12.1 Å². The molecule has 5 rings (SSSR count). The van der Waals surface area contributed by atoms with E-state index >= 15 is 0 Å². The van der Waals surface area contributed by atoms with Crippen LogP contribution in [0.25, 0.3) is 16.7 Å². The molecule has 1 N–H and O–H groups in total. The van der Waals surface area contributed by atoms with Crippen LogP contribution in [-0.2, 0) is 12.5 Å². The van der Waals surface area contributed by atoms with Gasteiger partial charge in [0.05, 0.1) is 12.2 Å². The Hall–Kier alpha value is -3.50. The Morgan fingerprint density at radius 1 is 1.20 bits per heavy atom. The first kappa shape index (κ1) is 18.5. The highest BCUT2D eigenvalue weighted by molar-refractivity contribution is 5.74. The van der Waals surface area contributed by atoms with Crippen molar-refractivity contribution in [3.8, 4) is 0 Å². The van der Waals surface area contributed by atoms with E-state index in [0.29, 0.717) is 17.0 Å². The van der Waals surface area contributed by atoms with Gasteiger partial charge in [-0.1, -0.05) is 20.8 Å². The molecule has 0 radical (unpaired) electrons. The van der Waals surface area contributed by atoms with E-state index in [1.54, 1.807) is 11.7 Å². The van der Waals surface area contributed by atoms with Gasteiger partial charge in [0.1, 0.15) is 11.2 Å². The number of aryl methyl sites for hydroxylation is 1. The van der Waals surface area contributed by atoms with E-state index in [1.165, 1.54) is 6.20 Å². The first-order valence-corrected chi connectivity index (χ1v) is 9.85. The van der Waals surface area contributed by atoms with E-state index < -0.39 is 0 Å². The summed E-state index contributed by atoms with van der Waals surface area (Å²) >= 11 is 0. The van der Waals surface area contributed by atoms with Gasteiger partial charge < -0.3 is 9.80 Å². The monoisotopic (exact) mass is 408 g/mol. The standard InChI is InChI=1S/C19H24N10O/c1-19(2,3)17-24-23-13-6-7-14(25-29(13)17)28-9-11(10-28)26(4)18-21-15-12(16(30)22-18)8-20-27(15)5/h6-8,11H,9-10H2,1-5H3,(H,21,22,30). The summed E-state index contributed by atoms with van der Waals surface area (Å²) in [6.07, 6.45) is 1.54. The number of fused-ring (bicyclic) bond motifs is 2. The summed E-state index contributed by atoms with van der Waals surface area (Å²) in [6.45, 7) is 7.84. The van der Waals surface area contributed by atoms with Crippen molar-refractivity contribution in [1.82, 2.24) is 39.6 Å². The van der Waals surface area contributed by atoms with Crippen molar-refractivity contribution in [2.75, 3.05) is 29.9 Å². The minimum Gasteiger partial charge on any atom is -0.351 e. The molecule has 0 amide bonds. The summed E-state index contributed by atoms with van der Waals surface area (Å²) in [4.78, 5) is 24.0. The molecule has 0 aliphatic carbocycles. The molecule has 0 spiro atoms. The van der Waals surface area contributed by atoms with Crippen LogP contribution in [0, 0.1) is 0 Å². The molecule has 0 bridgehead atoms. The normalized spacial score (nSPS) is 15.2. The van der Waals surface area contributed by atoms with Crippen LogP contribution in [0.4, 0.5) is 11.8 Å². The molecule has 0 saturated carbocycles. The van der Waals surface area contributed by atoms with E-state index in [4.69, 9.17) is 5.10 Å². The molecule has 1 aliphatic rings. The highest BCUT2D eigenvalue weighted by Crippen LogP contribution is 2.25. The van der Waals surface area contributed by atoms with Crippen LogP contribution < -0.4 is 15.4 Å².